The lowest BCUT2D eigenvalue weighted by molar-refractivity contribution is -0.113. The molecule has 2 N–H and O–H groups in total. The quantitative estimate of drug-likeness (QED) is 0.675. The average molecular weight is 405 g/mol. The van der Waals surface area contributed by atoms with Crippen LogP contribution in [0.4, 0.5) is 11.6 Å². The molecule has 0 spiro atoms. The molecule has 1 aromatic heterocycles. The maximum absolute atomic E-state index is 13.4. The Morgan fingerprint density at radius 2 is 1.87 bits per heavy atom. The molecule has 8 heteroatoms. The normalized spacial score (nSPS) is 15.3. The van der Waals surface area contributed by atoms with Crippen LogP contribution in [0.15, 0.2) is 60.1 Å². The van der Waals surface area contributed by atoms with Crippen molar-refractivity contribution in [3.63, 3.8) is 0 Å². The Balaban J connectivity index is 1.80. The standard InChI is InChI=1S/C22H23N5O3/c1-13-7-5-6-8-16(13)26-21(28)19-14(2)25-22-23-12-24-27(22)20(19)15-9-10-17(29-3)18(11-15)30-4/h5-12,20H,1-4H3,(H,26,28)(H,23,24,25)/t20-/m1/s1. The molecule has 0 bridgehead atoms. The number of benzene rings is 2. The van der Waals surface area contributed by atoms with E-state index in [0.717, 1.165) is 16.8 Å². The Morgan fingerprint density at radius 3 is 2.60 bits per heavy atom. The van der Waals surface area contributed by atoms with Crippen molar-refractivity contribution in [2.75, 3.05) is 24.9 Å². The lowest BCUT2D eigenvalue weighted by atomic mass is 9.94. The number of amides is 1. The van der Waals surface area contributed by atoms with Crippen LogP contribution in [0, 0.1) is 6.92 Å². The molecule has 4 rings (SSSR count). The lowest BCUT2D eigenvalue weighted by Gasteiger charge is -2.29. The fourth-order valence-electron chi connectivity index (χ4n) is 3.62. The van der Waals surface area contributed by atoms with E-state index in [-0.39, 0.29) is 5.91 Å². The van der Waals surface area contributed by atoms with Crippen molar-refractivity contribution in [3.05, 3.63) is 71.2 Å². The van der Waals surface area contributed by atoms with Gasteiger partial charge in [0.15, 0.2) is 11.5 Å². The number of hydrogen-bond acceptors (Lipinski definition) is 6. The smallest absolute Gasteiger partial charge is 0.255 e. The van der Waals surface area contributed by atoms with Gasteiger partial charge in [0.25, 0.3) is 5.91 Å². The highest BCUT2D eigenvalue weighted by Gasteiger charge is 2.34. The molecule has 0 saturated carbocycles. The van der Waals surface area contributed by atoms with Gasteiger partial charge in [0.1, 0.15) is 12.4 Å². The Labute approximate surface area is 174 Å². The number of carbonyl (C=O) groups is 1. The molecule has 0 saturated heterocycles. The highest BCUT2D eigenvalue weighted by Crippen LogP contribution is 2.38. The second kappa shape index (κ2) is 7.90. The molecule has 0 aliphatic carbocycles. The van der Waals surface area contributed by atoms with Gasteiger partial charge < -0.3 is 20.1 Å². The lowest BCUT2D eigenvalue weighted by Crippen LogP contribution is -2.31. The summed E-state index contributed by atoms with van der Waals surface area (Å²) in [5.41, 5.74) is 3.83. The molecule has 30 heavy (non-hydrogen) atoms. The van der Waals surface area contributed by atoms with E-state index in [9.17, 15) is 4.79 Å². The largest absolute Gasteiger partial charge is 0.493 e. The number of nitrogens with zero attached hydrogens (tertiary/aromatic N) is 3. The van der Waals surface area contributed by atoms with E-state index in [1.165, 1.54) is 6.33 Å². The van der Waals surface area contributed by atoms with Crippen molar-refractivity contribution in [2.45, 2.75) is 19.9 Å². The molecule has 1 atom stereocenters. The Kier molecular flexibility index (Phi) is 5.14. The number of aryl methyl sites for hydroxylation is 1. The van der Waals surface area contributed by atoms with E-state index in [0.29, 0.717) is 28.7 Å². The zero-order chi connectivity index (χ0) is 21.3. The van der Waals surface area contributed by atoms with Gasteiger partial charge in [0.2, 0.25) is 5.95 Å². The molecular weight excluding hydrogens is 382 g/mol. The van der Waals surface area contributed by atoms with Crippen LogP contribution in [0.1, 0.15) is 24.1 Å². The van der Waals surface area contributed by atoms with Crippen molar-refractivity contribution in [3.8, 4) is 11.5 Å². The predicted molar refractivity (Wildman–Crippen MR) is 114 cm³/mol. The Bertz CT molecular complexity index is 1140. The second-order valence-corrected chi connectivity index (χ2v) is 6.98. The van der Waals surface area contributed by atoms with Gasteiger partial charge in [-0.05, 0) is 43.2 Å². The zero-order valence-corrected chi connectivity index (χ0v) is 17.3. The number of anilines is 2. The Morgan fingerprint density at radius 1 is 1.10 bits per heavy atom. The van der Waals surface area contributed by atoms with Crippen molar-refractivity contribution in [1.29, 1.82) is 0 Å². The third kappa shape index (κ3) is 3.36. The van der Waals surface area contributed by atoms with Gasteiger partial charge in [-0.25, -0.2) is 4.68 Å². The van der Waals surface area contributed by atoms with Crippen molar-refractivity contribution >= 4 is 17.5 Å². The number of nitrogens with one attached hydrogen (secondary N) is 2. The van der Waals surface area contributed by atoms with Gasteiger partial charge in [-0.15, -0.1) is 0 Å². The summed E-state index contributed by atoms with van der Waals surface area (Å²) in [6, 6.07) is 12.8. The van der Waals surface area contributed by atoms with Crippen LogP contribution in [0.5, 0.6) is 11.5 Å². The molecule has 154 valence electrons. The summed E-state index contributed by atoms with van der Waals surface area (Å²) in [5, 5.41) is 10.6. The summed E-state index contributed by atoms with van der Waals surface area (Å²) in [6.45, 7) is 3.82. The summed E-state index contributed by atoms with van der Waals surface area (Å²) < 4.78 is 12.5. The van der Waals surface area contributed by atoms with Crippen LogP contribution < -0.4 is 20.1 Å². The first-order chi connectivity index (χ1) is 14.5. The number of rotatable bonds is 5. The van der Waals surface area contributed by atoms with Crippen LogP contribution in [0.25, 0.3) is 0 Å². The fourth-order valence-corrected chi connectivity index (χ4v) is 3.62. The summed E-state index contributed by atoms with van der Waals surface area (Å²) in [4.78, 5) is 17.7. The van der Waals surface area contributed by atoms with E-state index in [4.69, 9.17) is 9.47 Å². The van der Waals surface area contributed by atoms with Crippen LogP contribution in [-0.4, -0.2) is 34.9 Å². The molecule has 8 nitrogen and oxygen atoms in total. The minimum atomic E-state index is -0.479. The minimum absolute atomic E-state index is 0.213. The summed E-state index contributed by atoms with van der Waals surface area (Å²) in [7, 11) is 3.17. The van der Waals surface area contributed by atoms with E-state index in [2.05, 4.69) is 20.7 Å². The van der Waals surface area contributed by atoms with Crippen molar-refractivity contribution in [2.24, 2.45) is 0 Å². The molecule has 0 radical (unpaired) electrons. The molecule has 1 amide bonds. The third-order valence-electron chi connectivity index (χ3n) is 5.16. The van der Waals surface area contributed by atoms with Crippen molar-refractivity contribution < 1.29 is 14.3 Å². The highest BCUT2D eigenvalue weighted by molar-refractivity contribution is 6.06. The monoisotopic (exact) mass is 405 g/mol. The SMILES string of the molecule is COc1ccc([C@@H]2C(C(=O)Nc3ccccc3C)=C(C)Nc3ncnn32)cc1OC. The van der Waals surface area contributed by atoms with Crippen LogP contribution in [0.3, 0.4) is 0 Å². The number of carbonyl (C=O) groups excluding carboxylic acids is 1. The maximum Gasteiger partial charge on any atom is 0.255 e. The van der Waals surface area contributed by atoms with Crippen LogP contribution in [0.2, 0.25) is 0 Å². The maximum atomic E-state index is 13.4. The van der Waals surface area contributed by atoms with Gasteiger partial charge in [0, 0.05) is 11.4 Å². The van der Waals surface area contributed by atoms with Crippen molar-refractivity contribution in [1.82, 2.24) is 14.8 Å². The van der Waals surface area contributed by atoms with Gasteiger partial charge >= 0.3 is 0 Å². The zero-order valence-electron chi connectivity index (χ0n) is 17.3. The predicted octanol–water partition coefficient (Wildman–Crippen LogP) is 3.53. The molecule has 2 aromatic carbocycles. The molecular formula is C22H23N5O3. The summed E-state index contributed by atoms with van der Waals surface area (Å²) in [6.07, 6.45) is 1.46. The molecule has 3 aromatic rings. The number of hydrogen-bond donors (Lipinski definition) is 2. The molecule has 0 fully saturated rings. The number of allylic oxidation sites excluding steroid dienone is 1. The summed E-state index contributed by atoms with van der Waals surface area (Å²) in [5.74, 6) is 1.54. The third-order valence-corrected chi connectivity index (χ3v) is 5.16. The van der Waals surface area contributed by atoms with Crippen LogP contribution in [-0.2, 0) is 4.79 Å². The average Bonchev–Trinajstić information content (AvgIpc) is 3.21. The number of fused-ring (bicyclic) bond motifs is 1. The Hall–Kier alpha value is -3.81. The molecule has 2 heterocycles. The molecule has 0 unspecified atom stereocenters. The van der Waals surface area contributed by atoms with Gasteiger partial charge in [-0.3, -0.25) is 4.79 Å². The van der Waals surface area contributed by atoms with E-state index < -0.39 is 6.04 Å². The van der Waals surface area contributed by atoms with Gasteiger partial charge in [-0.2, -0.15) is 10.1 Å². The first kappa shape index (κ1) is 19.5. The minimum Gasteiger partial charge on any atom is -0.493 e. The van der Waals surface area contributed by atoms with Gasteiger partial charge in [0.05, 0.1) is 19.8 Å². The van der Waals surface area contributed by atoms with E-state index >= 15 is 0 Å². The van der Waals surface area contributed by atoms with Gasteiger partial charge in [-0.1, -0.05) is 24.3 Å². The topological polar surface area (TPSA) is 90.3 Å². The van der Waals surface area contributed by atoms with E-state index in [1.54, 1.807) is 18.9 Å². The number of para-hydroxylation sites is 1. The fraction of sp³-hybridized carbons (Fsp3) is 0.227. The second-order valence-electron chi connectivity index (χ2n) is 6.98. The first-order valence-electron chi connectivity index (χ1n) is 9.49. The number of ether oxygens (including phenoxy) is 2. The summed E-state index contributed by atoms with van der Waals surface area (Å²) >= 11 is 0. The number of methoxy groups -OCH3 is 2. The number of aromatic nitrogens is 3. The van der Waals surface area contributed by atoms with Crippen LogP contribution >= 0.6 is 0 Å². The molecule has 1 aliphatic rings. The molecule has 1 aliphatic heterocycles. The highest BCUT2D eigenvalue weighted by atomic mass is 16.5. The first-order valence-corrected chi connectivity index (χ1v) is 9.49. The van der Waals surface area contributed by atoms with E-state index in [1.807, 2.05) is 56.3 Å².